The molecule has 0 aliphatic rings. The number of nitrogens with zero attached hydrogens (tertiary/aromatic N) is 1. The van der Waals surface area contributed by atoms with E-state index in [0.717, 1.165) is 11.1 Å². The highest BCUT2D eigenvalue weighted by atomic mass is 35.5. The summed E-state index contributed by atoms with van der Waals surface area (Å²) >= 11 is 5.95. The Kier molecular flexibility index (Phi) is 5.92. The molecular formula is C17H16ClN3O3. The molecule has 2 rings (SSSR count). The van der Waals surface area contributed by atoms with E-state index < -0.39 is 11.8 Å². The number of rotatable bonds is 4. The zero-order chi connectivity index (χ0) is 17.5. The van der Waals surface area contributed by atoms with Crippen LogP contribution in [-0.4, -0.2) is 25.1 Å². The molecule has 2 aromatic carbocycles. The van der Waals surface area contributed by atoms with Crippen molar-refractivity contribution in [1.82, 2.24) is 5.43 Å². The van der Waals surface area contributed by atoms with Crippen molar-refractivity contribution in [1.29, 1.82) is 0 Å². The first-order valence-electron chi connectivity index (χ1n) is 7.04. The first kappa shape index (κ1) is 17.5. The Morgan fingerprint density at radius 1 is 1.12 bits per heavy atom. The van der Waals surface area contributed by atoms with E-state index >= 15 is 0 Å². The Balaban J connectivity index is 1.91. The smallest absolute Gasteiger partial charge is 0.329 e. The number of carbonyl (C=O) groups is 2. The van der Waals surface area contributed by atoms with Gasteiger partial charge in [0.15, 0.2) is 0 Å². The summed E-state index contributed by atoms with van der Waals surface area (Å²) in [5.41, 5.74) is 4.47. The van der Waals surface area contributed by atoms with Crippen LogP contribution in [0.3, 0.4) is 0 Å². The van der Waals surface area contributed by atoms with Gasteiger partial charge in [-0.25, -0.2) is 5.43 Å². The molecule has 0 radical (unpaired) electrons. The van der Waals surface area contributed by atoms with Crippen molar-refractivity contribution in [2.24, 2.45) is 5.10 Å². The van der Waals surface area contributed by atoms with Gasteiger partial charge >= 0.3 is 11.8 Å². The highest BCUT2D eigenvalue weighted by molar-refractivity contribution is 6.40. The largest absolute Gasteiger partial charge is 0.495 e. The summed E-state index contributed by atoms with van der Waals surface area (Å²) in [6, 6.07) is 12.2. The lowest BCUT2D eigenvalue weighted by Gasteiger charge is -2.07. The summed E-state index contributed by atoms with van der Waals surface area (Å²) in [6.45, 7) is 1.97. The Labute approximate surface area is 144 Å². The van der Waals surface area contributed by atoms with Crippen LogP contribution in [0.25, 0.3) is 0 Å². The molecule has 0 fully saturated rings. The van der Waals surface area contributed by atoms with Gasteiger partial charge in [-0.05, 0) is 30.7 Å². The van der Waals surface area contributed by atoms with E-state index in [1.807, 2.05) is 31.2 Å². The summed E-state index contributed by atoms with van der Waals surface area (Å²) in [5, 5.41) is 6.50. The van der Waals surface area contributed by atoms with Crippen molar-refractivity contribution >= 4 is 35.3 Å². The average molecular weight is 346 g/mol. The number of hydrogen-bond donors (Lipinski definition) is 2. The van der Waals surface area contributed by atoms with Gasteiger partial charge in [0.05, 0.1) is 18.3 Å². The lowest BCUT2D eigenvalue weighted by Crippen LogP contribution is -2.32. The Morgan fingerprint density at radius 3 is 2.46 bits per heavy atom. The van der Waals surface area contributed by atoms with E-state index in [1.54, 1.807) is 12.1 Å². The van der Waals surface area contributed by atoms with Gasteiger partial charge in [0.2, 0.25) is 0 Å². The number of ether oxygens (including phenoxy) is 1. The molecule has 2 aromatic rings. The molecule has 24 heavy (non-hydrogen) atoms. The van der Waals surface area contributed by atoms with Crippen molar-refractivity contribution in [3.05, 3.63) is 58.6 Å². The van der Waals surface area contributed by atoms with Crippen molar-refractivity contribution in [2.45, 2.75) is 6.92 Å². The Hall–Kier alpha value is -2.86. The second-order valence-electron chi connectivity index (χ2n) is 4.91. The van der Waals surface area contributed by atoms with E-state index in [9.17, 15) is 9.59 Å². The monoisotopic (exact) mass is 345 g/mol. The SMILES string of the molecule is COc1ccc(NC(=O)C(=O)N/N=C\c2ccc(C)cc2)cc1Cl. The molecule has 0 spiro atoms. The molecule has 0 saturated carbocycles. The first-order chi connectivity index (χ1) is 11.5. The van der Waals surface area contributed by atoms with Crippen molar-refractivity contribution in [3.63, 3.8) is 0 Å². The molecule has 7 heteroatoms. The lowest BCUT2D eigenvalue weighted by molar-refractivity contribution is -0.136. The summed E-state index contributed by atoms with van der Waals surface area (Å²) < 4.78 is 5.01. The number of halogens is 1. The predicted molar refractivity (Wildman–Crippen MR) is 93.5 cm³/mol. The molecule has 0 saturated heterocycles. The zero-order valence-electron chi connectivity index (χ0n) is 13.2. The van der Waals surface area contributed by atoms with Gasteiger partial charge in [-0.1, -0.05) is 41.4 Å². The minimum Gasteiger partial charge on any atom is -0.495 e. The topological polar surface area (TPSA) is 79.8 Å². The van der Waals surface area contributed by atoms with Crippen LogP contribution in [0.5, 0.6) is 5.75 Å². The standard InChI is InChI=1S/C17H16ClN3O3/c1-11-3-5-12(6-4-11)10-19-21-17(23)16(22)20-13-7-8-15(24-2)14(18)9-13/h3-10H,1-2H3,(H,20,22)(H,21,23)/b19-10-. The van der Waals surface area contributed by atoms with Gasteiger partial charge < -0.3 is 10.1 Å². The van der Waals surface area contributed by atoms with Gasteiger partial charge in [0.1, 0.15) is 5.75 Å². The van der Waals surface area contributed by atoms with Gasteiger partial charge in [0.25, 0.3) is 0 Å². The van der Waals surface area contributed by atoms with Crippen LogP contribution in [0.2, 0.25) is 5.02 Å². The Bertz CT molecular complexity index is 773. The highest BCUT2D eigenvalue weighted by Gasteiger charge is 2.13. The molecule has 2 amide bonds. The summed E-state index contributed by atoms with van der Waals surface area (Å²) in [4.78, 5) is 23.5. The van der Waals surface area contributed by atoms with E-state index in [2.05, 4.69) is 15.8 Å². The number of hydrazone groups is 1. The maximum atomic E-state index is 11.8. The molecular weight excluding hydrogens is 330 g/mol. The minimum absolute atomic E-state index is 0.327. The molecule has 0 aliphatic heterocycles. The summed E-state index contributed by atoms with van der Waals surface area (Å²) in [5.74, 6) is -1.26. The van der Waals surface area contributed by atoms with E-state index in [1.165, 1.54) is 19.4 Å². The van der Waals surface area contributed by atoms with Crippen LogP contribution in [0.15, 0.2) is 47.6 Å². The van der Waals surface area contributed by atoms with Crippen molar-refractivity contribution in [3.8, 4) is 5.75 Å². The average Bonchev–Trinajstić information content (AvgIpc) is 2.56. The quantitative estimate of drug-likeness (QED) is 0.508. The van der Waals surface area contributed by atoms with Gasteiger partial charge in [-0.3, -0.25) is 9.59 Å². The Morgan fingerprint density at radius 2 is 1.83 bits per heavy atom. The van der Waals surface area contributed by atoms with Gasteiger partial charge in [-0.2, -0.15) is 5.10 Å². The zero-order valence-corrected chi connectivity index (χ0v) is 13.9. The first-order valence-corrected chi connectivity index (χ1v) is 7.42. The van der Waals surface area contributed by atoms with Crippen LogP contribution < -0.4 is 15.5 Å². The molecule has 124 valence electrons. The minimum atomic E-state index is -0.884. The van der Waals surface area contributed by atoms with E-state index in [0.29, 0.717) is 16.5 Å². The fourth-order valence-electron chi connectivity index (χ4n) is 1.80. The normalized spacial score (nSPS) is 10.5. The number of amides is 2. The maximum absolute atomic E-state index is 11.8. The van der Waals surface area contributed by atoms with Crippen LogP contribution in [0.4, 0.5) is 5.69 Å². The van der Waals surface area contributed by atoms with Crippen LogP contribution >= 0.6 is 11.6 Å². The van der Waals surface area contributed by atoms with E-state index in [4.69, 9.17) is 16.3 Å². The molecule has 0 aliphatic carbocycles. The third-order valence-electron chi connectivity index (χ3n) is 3.07. The maximum Gasteiger partial charge on any atom is 0.329 e. The van der Waals surface area contributed by atoms with Crippen LogP contribution in [-0.2, 0) is 9.59 Å². The molecule has 0 unspecified atom stereocenters. The van der Waals surface area contributed by atoms with Gasteiger partial charge in [0, 0.05) is 5.69 Å². The number of methoxy groups -OCH3 is 1. The van der Waals surface area contributed by atoms with Gasteiger partial charge in [-0.15, -0.1) is 0 Å². The van der Waals surface area contributed by atoms with Crippen LogP contribution in [0, 0.1) is 6.92 Å². The fourth-order valence-corrected chi connectivity index (χ4v) is 2.06. The fraction of sp³-hybridized carbons (Fsp3) is 0.118. The van der Waals surface area contributed by atoms with Crippen molar-refractivity contribution < 1.29 is 14.3 Å². The molecule has 0 bridgehead atoms. The second kappa shape index (κ2) is 8.12. The summed E-state index contributed by atoms with van der Waals surface area (Å²) in [6.07, 6.45) is 1.45. The predicted octanol–water partition coefficient (Wildman–Crippen LogP) is 2.75. The molecule has 0 heterocycles. The number of benzene rings is 2. The van der Waals surface area contributed by atoms with E-state index in [-0.39, 0.29) is 0 Å². The lowest BCUT2D eigenvalue weighted by atomic mass is 10.2. The molecule has 0 atom stereocenters. The number of aryl methyl sites for hydroxylation is 1. The summed E-state index contributed by atoms with van der Waals surface area (Å²) in [7, 11) is 1.49. The third-order valence-corrected chi connectivity index (χ3v) is 3.37. The highest BCUT2D eigenvalue weighted by Crippen LogP contribution is 2.27. The second-order valence-corrected chi connectivity index (χ2v) is 5.32. The number of carbonyl (C=O) groups excluding carboxylic acids is 2. The third kappa shape index (κ3) is 4.82. The number of anilines is 1. The molecule has 0 aromatic heterocycles. The number of nitrogens with one attached hydrogen (secondary N) is 2. The molecule has 6 nitrogen and oxygen atoms in total. The van der Waals surface area contributed by atoms with Crippen LogP contribution in [0.1, 0.15) is 11.1 Å². The van der Waals surface area contributed by atoms with Crippen molar-refractivity contribution in [2.75, 3.05) is 12.4 Å². The molecule has 2 N–H and O–H groups in total. The number of hydrogen-bond acceptors (Lipinski definition) is 4.